The van der Waals surface area contributed by atoms with Gasteiger partial charge in [-0.1, -0.05) is 0 Å². The van der Waals surface area contributed by atoms with E-state index < -0.39 is 0 Å². The van der Waals surface area contributed by atoms with Crippen molar-refractivity contribution in [2.24, 2.45) is 0 Å². The molecule has 0 aliphatic carbocycles. The number of fused-ring (bicyclic) bond motifs is 1. The molecule has 0 bridgehead atoms. The molecule has 5 rings (SSSR count). The van der Waals surface area contributed by atoms with E-state index in [1.165, 1.54) is 5.69 Å². The van der Waals surface area contributed by atoms with E-state index in [1.807, 2.05) is 6.20 Å². The number of anilines is 2. The van der Waals surface area contributed by atoms with E-state index in [0.717, 1.165) is 84.9 Å². The van der Waals surface area contributed by atoms with Crippen LogP contribution < -0.4 is 10.2 Å². The van der Waals surface area contributed by atoms with E-state index in [1.54, 1.807) is 7.11 Å². The molecular formula is C29H42BrN7O. The average molecular weight is 585 g/mol. The molecule has 0 atom stereocenters. The van der Waals surface area contributed by atoms with Crippen LogP contribution in [-0.2, 0) is 4.74 Å². The van der Waals surface area contributed by atoms with Gasteiger partial charge in [-0.15, -0.1) is 0 Å². The second-order valence-corrected chi connectivity index (χ2v) is 12.9. The standard InChI is InChI=1S/C29H42BrN7O/c1-28(2)17-21(18-29(3,4)35(28)5)32-24-23(30)19-31-27-25(24)33-26(34-27)20-7-9-22(10-8-20)37-13-11-36(12-14-37)15-16-38-6/h7-10,19,21H,11-18H2,1-6H3,(H2,31,32,33,34). The number of pyridine rings is 1. The summed E-state index contributed by atoms with van der Waals surface area (Å²) in [7, 11) is 4.01. The molecule has 0 radical (unpaired) electrons. The lowest BCUT2D eigenvalue weighted by Crippen LogP contribution is -2.61. The number of nitrogens with one attached hydrogen (secondary N) is 2. The number of rotatable bonds is 7. The SMILES string of the molecule is COCCN1CCN(c2ccc(-c3nc4c(NC5CC(C)(C)N(C)C(C)(C)C5)c(Br)cnc4[nH]3)cc2)CC1. The largest absolute Gasteiger partial charge is 0.383 e. The second kappa shape index (κ2) is 10.8. The second-order valence-electron chi connectivity index (χ2n) is 12.1. The van der Waals surface area contributed by atoms with Crippen molar-refractivity contribution in [3.05, 3.63) is 34.9 Å². The number of aromatic amines is 1. The highest BCUT2D eigenvalue weighted by Gasteiger charge is 2.43. The molecule has 2 aliphatic heterocycles. The van der Waals surface area contributed by atoms with E-state index in [0.29, 0.717) is 6.04 Å². The Balaban J connectivity index is 1.33. The van der Waals surface area contributed by atoms with Gasteiger partial charge in [-0.2, -0.15) is 0 Å². The molecule has 2 aliphatic rings. The zero-order valence-corrected chi connectivity index (χ0v) is 25.2. The predicted molar refractivity (Wildman–Crippen MR) is 160 cm³/mol. The number of piperazine rings is 1. The third-order valence-corrected chi connectivity index (χ3v) is 9.21. The first-order chi connectivity index (χ1) is 18.1. The van der Waals surface area contributed by atoms with Gasteiger partial charge >= 0.3 is 0 Å². The summed E-state index contributed by atoms with van der Waals surface area (Å²) in [5, 5.41) is 3.84. The first kappa shape index (κ1) is 27.4. The molecular weight excluding hydrogens is 542 g/mol. The van der Waals surface area contributed by atoms with Gasteiger partial charge in [-0.3, -0.25) is 9.80 Å². The van der Waals surface area contributed by atoms with E-state index in [2.05, 4.69) is 105 Å². The number of ether oxygens (including phenoxy) is 1. The fraction of sp³-hybridized carbons (Fsp3) is 0.586. The number of nitrogens with zero attached hydrogens (tertiary/aromatic N) is 5. The lowest BCUT2D eigenvalue weighted by atomic mass is 9.77. The molecule has 9 heteroatoms. The quantitative estimate of drug-likeness (QED) is 0.395. The third-order valence-electron chi connectivity index (χ3n) is 8.61. The van der Waals surface area contributed by atoms with Gasteiger partial charge in [-0.25, -0.2) is 9.97 Å². The number of hydrogen-bond donors (Lipinski definition) is 2. The molecule has 0 amide bonds. The van der Waals surface area contributed by atoms with Gasteiger partial charge in [0.1, 0.15) is 11.3 Å². The van der Waals surface area contributed by atoms with Crippen molar-refractivity contribution >= 4 is 38.5 Å². The fourth-order valence-electron chi connectivity index (χ4n) is 6.16. The molecule has 2 fully saturated rings. The summed E-state index contributed by atoms with van der Waals surface area (Å²) >= 11 is 3.75. The maximum Gasteiger partial charge on any atom is 0.159 e. The molecule has 0 unspecified atom stereocenters. The van der Waals surface area contributed by atoms with Crippen LogP contribution in [0, 0.1) is 0 Å². The number of methoxy groups -OCH3 is 1. The molecule has 8 nitrogen and oxygen atoms in total. The topological polar surface area (TPSA) is 72.6 Å². The van der Waals surface area contributed by atoms with Crippen molar-refractivity contribution in [1.29, 1.82) is 0 Å². The number of benzene rings is 1. The van der Waals surface area contributed by atoms with Gasteiger partial charge in [0.2, 0.25) is 0 Å². The van der Waals surface area contributed by atoms with Crippen LogP contribution in [0.5, 0.6) is 0 Å². The maximum absolute atomic E-state index is 5.23. The number of H-pyrrole nitrogens is 1. The van der Waals surface area contributed by atoms with E-state index >= 15 is 0 Å². The van der Waals surface area contributed by atoms with Crippen molar-refractivity contribution < 1.29 is 4.74 Å². The van der Waals surface area contributed by atoms with Crippen molar-refractivity contribution in [2.75, 3.05) is 63.7 Å². The minimum atomic E-state index is 0.104. The van der Waals surface area contributed by atoms with E-state index in [-0.39, 0.29) is 11.1 Å². The van der Waals surface area contributed by atoms with Gasteiger partial charge < -0.3 is 19.9 Å². The van der Waals surface area contributed by atoms with Crippen LogP contribution in [0.2, 0.25) is 0 Å². The van der Waals surface area contributed by atoms with Gasteiger partial charge in [0.15, 0.2) is 5.65 Å². The Kier molecular flexibility index (Phi) is 7.75. The van der Waals surface area contributed by atoms with Crippen LogP contribution in [0.1, 0.15) is 40.5 Å². The van der Waals surface area contributed by atoms with Crippen LogP contribution in [0.4, 0.5) is 11.4 Å². The normalized spacial score (nSPS) is 20.8. The Hall–Kier alpha value is -2.20. The summed E-state index contributed by atoms with van der Waals surface area (Å²) in [6.45, 7) is 15.3. The highest BCUT2D eigenvalue weighted by molar-refractivity contribution is 9.10. The number of halogens is 1. The third kappa shape index (κ3) is 5.57. The molecule has 206 valence electrons. The number of aromatic nitrogens is 3. The van der Waals surface area contributed by atoms with Crippen molar-refractivity contribution in [1.82, 2.24) is 24.8 Å². The van der Waals surface area contributed by atoms with Crippen LogP contribution >= 0.6 is 15.9 Å². The van der Waals surface area contributed by atoms with Gasteiger partial charge in [0, 0.05) is 74.4 Å². The summed E-state index contributed by atoms with van der Waals surface area (Å²) in [6, 6.07) is 9.08. The van der Waals surface area contributed by atoms with Crippen molar-refractivity contribution in [3.63, 3.8) is 0 Å². The molecule has 2 saturated heterocycles. The molecule has 0 spiro atoms. The van der Waals surface area contributed by atoms with E-state index in [9.17, 15) is 0 Å². The molecule has 2 N–H and O–H groups in total. The first-order valence-corrected chi connectivity index (χ1v) is 14.5. The molecule has 4 heterocycles. The lowest BCUT2D eigenvalue weighted by Gasteiger charge is -2.54. The highest BCUT2D eigenvalue weighted by Crippen LogP contribution is 2.40. The smallest absolute Gasteiger partial charge is 0.159 e. The predicted octanol–water partition coefficient (Wildman–Crippen LogP) is 5.22. The molecule has 3 aromatic rings. The first-order valence-electron chi connectivity index (χ1n) is 13.7. The van der Waals surface area contributed by atoms with Gasteiger partial charge in [-0.05, 0) is 87.8 Å². The van der Waals surface area contributed by atoms with Crippen molar-refractivity contribution in [3.8, 4) is 11.4 Å². The summed E-state index contributed by atoms with van der Waals surface area (Å²) in [5.41, 5.74) is 5.22. The van der Waals surface area contributed by atoms with Crippen LogP contribution in [0.3, 0.4) is 0 Å². The van der Waals surface area contributed by atoms with Crippen molar-refractivity contribution in [2.45, 2.75) is 57.7 Å². The number of hydrogen-bond acceptors (Lipinski definition) is 7. The Labute approximate surface area is 235 Å². The Morgan fingerprint density at radius 2 is 1.71 bits per heavy atom. The number of piperidine rings is 1. The minimum absolute atomic E-state index is 0.104. The zero-order valence-electron chi connectivity index (χ0n) is 23.6. The van der Waals surface area contributed by atoms with E-state index in [4.69, 9.17) is 9.72 Å². The molecule has 1 aromatic carbocycles. The highest BCUT2D eigenvalue weighted by atomic mass is 79.9. The summed E-state index contributed by atoms with van der Waals surface area (Å²) < 4.78 is 6.17. The lowest BCUT2D eigenvalue weighted by molar-refractivity contribution is -0.00766. The Morgan fingerprint density at radius 3 is 2.34 bits per heavy atom. The zero-order chi connectivity index (χ0) is 27.1. The van der Waals surface area contributed by atoms with Gasteiger partial charge in [0.25, 0.3) is 0 Å². The fourth-order valence-corrected chi connectivity index (χ4v) is 6.57. The minimum Gasteiger partial charge on any atom is -0.383 e. The number of imidazole rings is 1. The van der Waals surface area contributed by atoms with Crippen LogP contribution in [0.15, 0.2) is 34.9 Å². The molecule has 38 heavy (non-hydrogen) atoms. The van der Waals surface area contributed by atoms with Crippen LogP contribution in [0.25, 0.3) is 22.6 Å². The number of likely N-dealkylation sites (tertiary alicyclic amines) is 1. The average Bonchev–Trinajstić information content (AvgIpc) is 3.33. The molecule has 0 saturated carbocycles. The maximum atomic E-state index is 5.23. The Bertz CT molecular complexity index is 1230. The monoisotopic (exact) mass is 583 g/mol. The summed E-state index contributed by atoms with van der Waals surface area (Å²) in [5.74, 6) is 0.841. The summed E-state index contributed by atoms with van der Waals surface area (Å²) in [4.78, 5) is 20.5. The molecule has 2 aromatic heterocycles. The van der Waals surface area contributed by atoms with Gasteiger partial charge in [0.05, 0.1) is 16.8 Å². The van der Waals surface area contributed by atoms with Crippen LogP contribution in [-0.4, -0.2) is 95.4 Å². The summed E-state index contributed by atoms with van der Waals surface area (Å²) in [6.07, 6.45) is 3.98. The Morgan fingerprint density at radius 1 is 1.05 bits per heavy atom.